The number of rotatable bonds is 2. The molecule has 1 aromatic rings. The molecule has 16 heavy (non-hydrogen) atoms. The lowest BCUT2D eigenvalue weighted by Crippen LogP contribution is -2.39. The van der Waals surface area contributed by atoms with Gasteiger partial charge in [0.1, 0.15) is 24.6 Å². The lowest BCUT2D eigenvalue weighted by molar-refractivity contribution is 0.174. The van der Waals surface area contributed by atoms with Crippen molar-refractivity contribution in [3.8, 4) is 0 Å². The standard InChI is InChI=1S/C9H9ClFN3O2/c1-5(11)6-4-16-9(15)14(6)7-2-3-12-8(10)13-7/h2-3,5-6H,4H2,1H3/t5-,6?/m0/s1. The van der Waals surface area contributed by atoms with Crippen molar-refractivity contribution in [3.05, 3.63) is 17.5 Å². The van der Waals surface area contributed by atoms with Crippen LogP contribution in [0.1, 0.15) is 6.92 Å². The molecule has 1 aliphatic rings. The first-order chi connectivity index (χ1) is 7.59. The van der Waals surface area contributed by atoms with E-state index >= 15 is 0 Å². The van der Waals surface area contributed by atoms with Crippen molar-refractivity contribution in [1.29, 1.82) is 0 Å². The molecule has 1 amide bonds. The number of carbonyl (C=O) groups is 1. The molecule has 0 bridgehead atoms. The van der Waals surface area contributed by atoms with Crippen molar-refractivity contribution >= 4 is 23.5 Å². The summed E-state index contributed by atoms with van der Waals surface area (Å²) in [6.45, 7) is 1.38. The predicted molar refractivity (Wildman–Crippen MR) is 55.2 cm³/mol. The van der Waals surface area contributed by atoms with E-state index in [0.717, 1.165) is 4.90 Å². The van der Waals surface area contributed by atoms with E-state index in [4.69, 9.17) is 16.3 Å². The number of cyclic esters (lactones) is 1. The van der Waals surface area contributed by atoms with Crippen molar-refractivity contribution in [2.75, 3.05) is 11.5 Å². The van der Waals surface area contributed by atoms with Gasteiger partial charge in [0.05, 0.1) is 0 Å². The Balaban J connectivity index is 2.33. The largest absolute Gasteiger partial charge is 0.447 e. The number of carbonyl (C=O) groups excluding carboxylic acids is 1. The monoisotopic (exact) mass is 245 g/mol. The van der Waals surface area contributed by atoms with Crippen molar-refractivity contribution in [1.82, 2.24) is 9.97 Å². The topological polar surface area (TPSA) is 55.3 Å². The first kappa shape index (κ1) is 11.1. The van der Waals surface area contributed by atoms with Gasteiger partial charge in [-0.2, -0.15) is 0 Å². The van der Waals surface area contributed by atoms with Gasteiger partial charge in [-0.1, -0.05) is 0 Å². The zero-order valence-electron chi connectivity index (χ0n) is 8.43. The van der Waals surface area contributed by atoms with Gasteiger partial charge in [0.2, 0.25) is 5.28 Å². The molecule has 0 radical (unpaired) electrons. The van der Waals surface area contributed by atoms with Gasteiger partial charge in [-0.25, -0.2) is 19.2 Å². The number of aromatic nitrogens is 2. The average Bonchev–Trinajstić information content (AvgIpc) is 2.60. The Bertz CT molecular complexity index is 415. The first-order valence-electron chi connectivity index (χ1n) is 4.68. The van der Waals surface area contributed by atoms with Crippen molar-refractivity contribution < 1.29 is 13.9 Å². The molecule has 0 aliphatic carbocycles. The van der Waals surface area contributed by atoms with E-state index in [1.165, 1.54) is 19.2 Å². The number of nitrogens with zero attached hydrogens (tertiary/aromatic N) is 3. The molecule has 7 heteroatoms. The van der Waals surface area contributed by atoms with Crippen molar-refractivity contribution in [2.24, 2.45) is 0 Å². The van der Waals surface area contributed by atoms with Gasteiger partial charge in [-0.05, 0) is 24.6 Å². The number of ether oxygens (including phenoxy) is 1. The summed E-state index contributed by atoms with van der Waals surface area (Å²) >= 11 is 5.60. The van der Waals surface area contributed by atoms with Crippen molar-refractivity contribution in [2.45, 2.75) is 19.1 Å². The molecule has 1 aromatic heterocycles. The minimum Gasteiger partial charge on any atom is -0.447 e. The summed E-state index contributed by atoms with van der Waals surface area (Å²) in [4.78, 5) is 20.1. The normalized spacial score (nSPS) is 22.1. The van der Waals surface area contributed by atoms with E-state index in [1.807, 2.05) is 0 Å². The van der Waals surface area contributed by atoms with E-state index in [0.29, 0.717) is 0 Å². The Labute approximate surface area is 96.2 Å². The SMILES string of the molecule is C[C@H](F)C1COC(=O)N1c1ccnc(Cl)n1. The Morgan fingerprint density at radius 3 is 3.12 bits per heavy atom. The van der Waals surface area contributed by atoms with E-state index in [9.17, 15) is 9.18 Å². The summed E-state index contributed by atoms with van der Waals surface area (Å²) in [6, 6.07) is 0.812. The van der Waals surface area contributed by atoms with Crippen LogP contribution in [-0.2, 0) is 4.74 Å². The van der Waals surface area contributed by atoms with Gasteiger partial charge >= 0.3 is 6.09 Å². The Morgan fingerprint density at radius 2 is 2.50 bits per heavy atom. The zero-order chi connectivity index (χ0) is 11.7. The van der Waals surface area contributed by atoms with E-state index in [1.54, 1.807) is 0 Å². The molecule has 0 saturated carbocycles. The minimum absolute atomic E-state index is 0.00228. The third-order valence-electron chi connectivity index (χ3n) is 2.29. The van der Waals surface area contributed by atoms with E-state index < -0.39 is 18.3 Å². The summed E-state index contributed by atoms with van der Waals surface area (Å²) in [5.41, 5.74) is 0. The molecule has 1 aliphatic heterocycles. The van der Waals surface area contributed by atoms with Crippen LogP contribution in [0.2, 0.25) is 5.28 Å². The molecule has 86 valence electrons. The maximum atomic E-state index is 13.3. The highest BCUT2D eigenvalue weighted by atomic mass is 35.5. The fourth-order valence-electron chi connectivity index (χ4n) is 1.50. The summed E-state index contributed by atoms with van der Waals surface area (Å²) in [5.74, 6) is 0.247. The summed E-state index contributed by atoms with van der Waals surface area (Å²) < 4.78 is 18.0. The maximum Gasteiger partial charge on any atom is 0.416 e. The molecule has 2 atom stereocenters. The van der Waals surface area contributed by atoms with Crippen LogP contribution in [0.4, 0.5) is 15.0 Å². The summed E-state index contributed by atoms with van der Waals surface area (Å²) in [7, 11) is 0. The zero-order valence-corrected chi connectivity index (χ0v) is 9.19. The second-order valence-electron chi connectivity index (χ2n) is 3.38. The smallest absolute Gasteiger partial charge is 0.416 e. The fraction of sp³-hybridized carbons (Fsp3) is 0.444. The molecule has 2 rings (SSSR count). The molecule has 0 aromatic carbocycles. The van der Waals surface area contributed by atoms with Crippen LogP contribution in [0, 0.1) is 0 Å². The van der Waals surface area contributed by atoms with E-state index in [2.05, 4.69) is 9.97 Å². The van der Waals surface area contributed by atoms with Crippen LogP contribution >= 0.6 is 11.6 Å². The number of halogens is 2. The van der Waals surface area contributed by atoms with Gasteiger partial charge in [0.25, 0.3) is 0 Å². The highest BCUT2D eigenvalue weighted by Crippen LogP contribution is 2.24. The average molecular weight is 246 g/mol. The third-order valence-corrected chi connectivity index (χ3v) is 2.48. The molecule has 1 unspecified atom stereocenters. The highest BCUT2D eigenvalue weighted by molar-refractivity contribution is 6.28. The molecule has 1 saturated heterocycles. The Morgan fingerprint density at radius 1 is 1.75 bits per heavy atom. The van der Waals surface area contributed by atoms with Crippen LogP contribution in [0.5, 0.6) is 0 Å². The predicted octanol–water partition coefficient (Wildman–Crippen LogP) is 1.81. The number of amides is 1. The minimum atomic E-state index is -1.21. The van der Waals surface area contributed by atoms with Crippen LogP contribution in [0.15, 0.2) is 12.3 Å². The summed E-state index contributed by atoms with van der Waals surface area (Å²) in [6.07, 6.45) is -0.430. The highest BCUT2D eigenvalue weighted by Gasteiger charge is 2.38. The van der Waals surface area contributed by atoms with Crippen LogP contribution < -0.4 is 4.90 Å². The van der Waals surface area contributed by atoms with Crippen LogP contribution in [-0.4, -0.2) is 34.9 Å². The van der Waals surface area contributed by atoms with Gasteiger partial charge in [0.15, 0.2) is 0 Å². The molecule has 1 fully saturated rings. The van der Waals surface area contributed by atoms with Gasteiger partial charge in [-0.15, -0.1) is 0 Å². The number of alkyl halides is 1. The van der Waals surface area contributed by atoms with Gasteiger partial charge in [0, 0.05) is 6.20 Å². The quantitative estimate of drug-likeness (QED) is 0.746. The Hall–Kier alpha value is -1.43. The summed E-state index contributed by atoms with van der Waals surface area (Å²) in [5, 5.41) is 0.00228. The van der Waals surface area contributed by atoms with Gasteiger partial charge < -0.3 is 4.74 Å². The lowest BCUT2D eigenvalue weighted by atomic mass is 10.2. The van der Waals surface area contributed by atoms with E-state index in [-0.39, 0.29) is 17.7 Å². The number of hydrogen-bond acceptors (Lipinski definition) is 4. The molecule has 0 N–H and O–H groups in total. The molecule has 0 spiro atoms. The second-order valence-corrected chi connectivity index (χ2v) is 3.71. The fourth-order valence-corrected chi connectivity index (χ4v) is 1.64. The lowest BCUT2D eigenvalue weighted by Gasteiger charge is -2.20. The van der Waals surface area contributed by atoms with Gasteiger partial charge in [-0.3, -0.25) is 4.90 Å². The molecular formula is C9H9ClFN3O2. The second kappa shape index (κ2) is 4.21. The maximum absolute atomic E-state index is 13.3. The molecule has 2 heterocycles. The van der Waals surface area contributed by atoms with Crippen LogP contribution in [0.25, 0.3) is 0 Å². The third kappa shape index (κ3) is 1.92. The number of hydrogen-bond donors (Lipinski definition) is 0. The first-order valence-corrected chi connectivity index (χ1v) is 5.06. The molecular weight excluding hydrogens is 237 g/mol. The molecule has 5 nitrogen and oxygen atoms in total. The van der Waals surface area contributed by atoms with Crippen molar-refractivity contribution in [3.63, 3.8) is 0 Å². The van der Waals surface area contributed by atoms with Crippen LogP contribution in [0.3, 0.4) is 0 Å². The number of anilines is 1. The Kier molecular flexibility index (Phi) is 2.91.